The molecule has 0 saturated carbocycles. The van der Waals surface area contributed by atoms with E-state index in [1.54, 1.807) is 12.1 Å². The van der Waals surface area contributed by atoms with Gasteiger partial charge in [0.05, 0.1) is 31.9 Å². The lowest BCUT2D eigenvalue weighted by Crippen LogP contribution is -2.17. The Bertz CT molecular complexity index is 1570. The van der Waals surface area contributed by atoms with Crippen molar-refractivity contribution in [1.82, 2.24) is 9.55 Å². The minimum atomic E-state index is -0.707. The maximum Gasteiger partial charge on any atom is 0.280 e. The van der Waals surface area contributed by atoms with Crippen molar-refractivity contribution in [2.24, 2.45) is 4.99 Å². The highest BCUT2D eigenvalue weighted by Gasteiger charge is 2.17. The number of thiophene rings is 1. The van der Waals surface area contributed by atoms with Gasteiger partial charge >= 0.3 is 0 Å². The lowest BCUT2D eigenvalue weighted by molar-refractivity contribution is 0.0999. The van der Waals surface area contributed by atoms with Crippen LogP contribution in [-0.2, 0) is 6.54 Å². The second kappa shape index (κ2) is 8.22. The summed E-state index contributed by atoms with van der Waals surface area (Å²) >= 11 is 2.59. The fourth-order valence-electron chi connectivity index (χ4n) is 3.56. The Balaban J connectivity index is 1.73. The molecule has 5 aromatic rings. The Morgan fingerprint density at radius 3 is 2.78 bits per heavy atom. The topological polar surface area (TPSA) is 47.2 Å². The molecular weight excluding hydrogens is 448 g/mol. The van der Waals surface area contributed by atoms with Crippen LogP contribution in [0.15, 0.2) is 77.6 Å². The number of para-hydroxylation sites is 1. The van der Waals surface area contributed by atoms with Gasteiger partial charge in [-0.1, -0.05) is 41.7 Å². The van der Waals surface area contributed by atoms with Gasteiger partial charge in [-0.05, 0) is 29.6 Å². The van der Waals surface area contributed by atoms with E-state index in [0.717, 1.165) is 22.3 Å². The van der Waals surface area contributed by atoms with Gasteiger partial charge in [0, 0.05) is 18.0 Å². The smallest absolute Gasteiger partial charge is 0.280 e. The number of benzene rings is 2. The normalized spacial score (nSPS) is 12.0. The third-order valence-corrected chi connectivity index (χ3v) is 6.84. The number of thiazole rings is 1. The summed E-state index contributed by atoms with van der Waals surface area (Å²) in [5.74, 6) is -1.87. The summed E-state index contributed by atoms with van der Waals surface area (Å²) in [7, 11) is 0. The van der Waals surface area contributed by atoms with Crippen LogP contribution in [0.1, 0.15) is 10.4 Å². The first-order valence-corrected chi connectivity index (χ1v) is 11.4. The zero-order chi connectivity index (χ0) is 22.2. The van der Waals surface area contributed by atoms with Gasteiger partial charge in [0.2, 0.25) is 0 Å². The van der Waals surface area contributed by atoms with E-state index in [1.165, 1.54) is 22.0 Å². The quantitative estimate of drug-likeness (QED) is 0.299. The Kier molecular flexibility index (Phi) is 5.24. The number of hydrogen-bond donors (Lipinski definition) is 0. The molecule has 0 N–H and O–H groups in total. The maximum absolute atomic E-state index is 14.5. The van der Waals surface area contributed by atoms with Crippen LogP contribution in [0.3, 0.4) is 0 Å². The van der Waals surface area contributed by atoms with Crippen molar-refractivity contribution in [3.05, 3.63) is 94.6 Å². The first-order chi connectivity index (χ1) is 15.5. The maximum atomic E-state index is 14.5. The summed E-state index contributed by atoms with van der Waals surface area (Å²) in [6, 6.07) is 15.0. The summed E-state index contributed by atoms with van der Waals surface area (Å²) in [5.41, 5.74) is 1.95. The average Bonchev–Trinajstić information content (AvgIpc) is 3.42. The Hall–Kier alpha value is -3.49. The first kappa shape index (κ1) is 20.4. The van der Waals surface area contributed by atoms with E-state index in [2.05, 4.69) is 16.6 Å². The van der Waals surface area contributed by atoms with Gasteiger partial charge in [-0.15, -0.1) is 17.9 Å². The molecular formula is C24H15F2N3OS2. The average molecular weight is 464 g/mol. The molecule has 8 heteroatoms. The van der Waals surface area contributed by atoms with Crippen molar-refractivity contribution in [3.63, 3.8) is 0 Å². The third kappa shape index (κ3) is 3.57. The molecule has 0 saturated heterocycles. The molecule has 0 spiro atoms. The first-order valence-electron chi connectivity index (χ1n) is 9.67. The monoisotopic (exact) mass is 463 g/mol. The van der Waals surface area contributed by atoms with Gasteiger partial charge < -0.3 is 4.57 Å². The number of halogens is 2. The number of pyridine rings is 1. The SMILES string of the molecule is C=CCn1c(=NC(=O)c2cc(-c3cccs3)nc3ccccc23)sc2cc(F)cc(F)c21. The number of rotatable bonds is 4. The van der Waals surface area contributed by atoms with Crippen molar-refractivity contribution in [2.75, 3.05) is 0 Å². The van der Waals surface area contributed by atoms with E-state index in [1.807, 2.05) is 41.8 Å². The van der Waals surface area contributed by atoms with Crippen LogP contribution >= 0.6 is 22.7 Å². The molecule has 0 atom stereocenters. The van der Waals surface area contributed by atoms with E-state index in [-0.39, 0.29) is 16.9 Å². The molecule has 0 bridgehead atoms. The Labute approximate surface area is 189 Å². The van der Waals surface area contributed by atoms with Crippen LogP contribution in [0.4, 0.5) is 8.78 Å². The number of allylic oxidation sites excluding steroid dienone is 1. The molecule has 0 aliphatic rings. The van der Waals surface area contributed by atoms with Crippen LogP contribution in [0.5, 0.6) is 0 Å². The highest BCUT2D eigenvalue weighted by atomic mass is 32.1. The van der Waals surface area contributed by atoms with E-state index < -0.39 is 17.5 Å². The van der Waals surface area contributed by atoms with E-state index >= 15 is 0 Å². The number of carbonyl (C=O) groups is 1. The van der Waals surface area contributed by atoms with Crippen molar-refractivity contribution < 1.29 is 13.6 Å². The van der Waals surface area contributed by atoms with Crippen LogP contribution in [0.25, 0.3) is 31.7 Å². The number of aromatic nitrogens is 2. The summed E-state index contributed by atoms with van der Waals surface area (Å²) in [6.07, 6.45) is 1.58. The standard InChI is InChI=1S/C24H15F2N3OS2/c1-2-9-29-22-17(26)11-14(25)12-21(22)32-24(29)28-23(30)16-13-19(20-8-5-10-31-20)27-18-7-4-3-6-15(16)18/h2-8,10-13H,1,9H2. The number of fused-ring (bicyclic) bond motifs is 2. The lowest BCUT2D eigenvalue weighted by atomic mass is 10.1. The summed E-state index contributed by atoms with van der Waals surface area (Å²) in [6.45, 7) is 3.93. The number of amides is 1. The fraction of sp³-hybridized carbons (Fsp3) is 0.0417. The molecule has 158 valence electrons. The van der Waals surface area contributed by atoms with Crippen LogP contribution in [0.2, 0.25) is 0 Å². The van der Waals surface area contributed by atoms with Crippen LogP contribution in [-0.4, -0.2) is 15.5 Å². The Morgan fingerprint density at radius 1 is 1.16 bits per heavy atom. The molecule has 0 aliphatic heterocycles. The molecule has 2 aromatic carbocycles. The number of hydrogen-bond acceptors (Lipinski definition) is 4. The summed E-state index contributed by atoms with van der Waals surface area (Å²) in [5, 5.41) is 2.62. The van der Waals surface area contributed by atoms with Crippen molar-refractivity contribution >= 4 is 49.7 Å². The van der Waals surface area contributed by atoms with Gasteiger partial charge in [-0.2, -0.15) is 4.99 Å². The minimum absolute atomic E-state index is 0.196. The highest BCUT2D eigenvalue weighted by Crippen LogP contribution is 2.28. The zero-order valence-electron chi connectivity index (χ0n) is 16.6. The van der Waals surface area contributed by atoms with E-state index in [9.17, 15) is 13.6 Å². The molecule has 32 heavy (non-hydrogen) atoms. The molecule has 0 fully saturated rings. The van der Waals surface area contributed by atoms with Crippen LogP contribution < -0.4 is 4.80 Å². The van der Waals surface area contributed by atoms with E-state index in [4.69, 9.17) is 0 Å². The molecule has 3 heterocycles. The second-order valence-electron chi connectivity index (χ2n) is 6.98. The predicted molar refractivity (Wildman–Crippen MR) is 125 cm³/mol. The third-order valence-electron chi connectivity index (χ3n) is 4.92. The molecule has 3 aromatic heterocycles. The number of nitrogens with zero attached hydrogens (tertiary/aromatic N) is 3. The van der Waals surface area contributed by atoms with Crippen molar-refractivity contribution in [2.45, 2.75) is 6.54 Å². The van der Waals surface area contributed by atoms with Crippen molar-refractivity contribution in [3.8, 4) is 10.6 Å². The molecule has 4 nitrogen and oxygen atoms in total. The van der Waals surface area contributed by atoms with Gasteiger partial charge in [-0.3, -0.25) is 4.79 Å². The zero-order valence-corrected chi connectivity index (χ0v) is 18.2. The molecule has 5 rings (SSSR count). The van der Waals surface area contributed by atoms with Gasteiger partial charge in [0.1, 0.15) is 5.82 Å². The summed E-state index contributed by atoms with van der Waals surface area (Å²) < 4.78 is 30.1. The fourth-order valence-corrected chi connectivity index (χ4v) is 5.33. The largest absolute Gasteiger partial charge is 0.310 e. The van der Waals surface area contributed by atoms with Crippen molar-refractivity contribution in [1.29, 1.82) is 0 Å². The second-order valence-corrected chi connectivity index (χ2v) is 8.94. The van der Waals surface area contributed by atoms with Gasteiger partial charge in [0.25, 0.3) is 5.91 Å². The molecule has 0 radical (unpaired) electrons. The van der Waals surface area contributed by atoms with Gasteiger partial charge in [0.15, 0.2) is 10.6 Å². The minimum Gasteiger partial charge on any atom is -0.310 e. The molecule has 1 amide bonds. The molecule has 0 unspecified atom stereocenters. The number of carbonyl (C=O) groups excluding carboxylic acids is 1. The van der Waals surface area contributed by atoms with Crippen LogP contribution in [0, 0.1) is 11.6 Å². The molecule has 0 aliphatic carbocycles. The Morgan fingerprint density at radius 2 is 2.00 bits per heavy atom. The summed E-state index contributed by atoms with van der Waals surface area (Å²) in [4.78, 5) is 23.5. The predicted octanol–water partition coefficient (Wildman–Crippen LogP) is 6.18. The van der Waals surface area contributed by atoms with E-state index in [0.29, 0.717) is 26.9 Å². The highest BCUT2D eigenvalue weighted by molar-refractivity contribution is 7.16. The lowest BCUT2D eigenvalue weighted by Gasteiger charge is -2.06. The van der Waals surface area contributed by atoms with Gasteiger partial charge in [-0.25, -0.2) is 13.8 Å².